The normalized spacial score (nSPS) is 14.1. The smallest absolute Gasteiger partial charge is 0.260 e. The number of aromatic nitrogens is 2. The third-order valence-corrected chi connectivity index (χ3v) is 4.18. The minimum atomic E-state index is 0.0243. The van der Waals surface area contributed by atoms with E-state index in [-0.39, 0.29) is 5.91 Å². The van der Waals surface area contributed by atoms with Crippen LogP contribution in [0, 0.1) is 6.92 Å². The Morgan fingerprint density at radius 3 is 2.64 bits per heavy atom. The first-order valence-corrected chi connectivity index (χ1v) is 7.58. The maximum absolute atomic E-state index is 12.8. The molecule has 2 aromatic carbocycles. The van der Waals surface area contributed by atoms with E-state index in [4.69, 9.17) is 0 Å². The van der Waals surface area contributed by atoms with Crippen molar-refractivity contribution < 1.29 is 4.79 Å². The van der Waals surface area contributed by atoms with Crippen LogP contribution in [0.25, 0.3) is 11.0 Å². The lowest BCUT2D eigenvalue weighted by molar-refractivity contribution is 0.0981. The molecular weight excluding hydrogens is 274 g/mol. The van der Waals surface area contributed by atoms with E-state index < -0.39 is 0 Å². The summed E-state index contributed by atoms with van der Waals surface area (Å²) in [6, 6.07) is 15.8. The topological polar surface area (TPSA) is 38.1 Å². The molecule has 22 heavy (non-hydrogen) atoms. The predicted octanol–water partition coefficient (Wildman–Crippen LogP) is 3.40. The molecule has 4 heteroatoms. The number of rotatable bonds is 1. The number of carbonyl (C=O) groups excluding carboxylic acids is 1. The number of aryl methyl sites for hydroxylation is 2. The maximum atomic E-state index is 12.8. The summed E-state index contributed by atoms with van der Waals surface area (Å²) >= 11 is 0. The molecule has 0 atom stereocenters. The number of amides is 1. The van der Waals surface area contributed by atoms with Gasteiger partial charge in [0.2, 0.25) is 5.95 Å². The van der Waals surface area contributed by atoms with E-state index in [2.05, 4.69) is 15.6 Å². The van der Waals surface area contributed by atoms with E-state index in [9.17, 15) is 4.79 Å². The lowest BCUT2D eigenvalue weighted by Crippen LogP contribution is -2.37. The molecule has 0 bridgehead atoms. The number of carbonyl (C=O) groups is 1. The summed E-state index contributed by atoms with van der Waals surface area (Å²) in [5, 5.41) is 0. The molecule has 0 unspecified atom stereocenters. The molecule has 1 aromatic heterocycles. The molecule has 0 N–H and O–H groups in total. The van der Waals surface area contributed by atoms with Gasteiger partial charge in [0, 0.05) is 18.7 Å². The van der Waals surface area contributed by atoms with Gasteiger partial charge in [-0.15, -0.1) is 0 Å². The molecule has 0 saturated carbocycles. The van der Waals surface area contributed by atoms with Crippen molar-refractivity contribution in [3.05, 3.63) is 59.7 Å². The summed E-state index contributed by atoms with van der Waals surface area (Å²) in [7, 11) is 0. The van der Waals surface area contributed by atoms with E-state index in [1.807, 2.05) is 49.4 Å². The van der Waals surface area contributed by atoms with Crippen molar-refractivity contribution in [1.29, 1.82) is 0 Å². The van der Waals surface area contributed by atoms with Crippen molar-refractivity contribution in [2.45, 2.75) is 19.9 Å². The SMILES string of the molecule is Cc1ccc(C(=O)N2CCCn3c2nc2ccccc23)cc1. The minimum absolute atomic E-state index is 0.0243. The zero-order chi connectivity index (χ0) is 15.1. The van der Waals surface area contributed by atoms with Crippen molar-refractivity contribution in [2.24, 2.45) is 0 Å². The van der Waals surface area contributed by atoms with Gasteiger partial charge < -0.3 is 4.57 Å². The van der Waals surface area contributed by atoms with Gasteiger partial charge in [-0.25, -0.2) is 4.98 Å². The van der Waals surface area contributed by atoms with Gasteiger partial charge in [0.1, 0.15) is 0 Å². The predicted molar refractivity (Wildman–Crippen MR) is 87.2 cm³/mol. The molecule has 1 aliphatic rings. The zero-order valence-corrected chi connectivity index (χ0v) is 12.5. The van der Waals surface area contributed by atoms with Gasteiger partial charge in [-0.2, -0.15) is 0 Å². The Labute approximate surface area is 129 Å². The average molecular weight is 291 g/mol. The van der Waals surface area contributed by atoms with Gasteiger partial charge in [-0.1, -0.05) is 29.8 Å². The Balaban J connectivity index is 1.79. The van der Waals surface area contributed by atoms with Crippen molar-refractivity contribution in [1.82, 2.24) is 9.55 Å². The molecule has 0 aliphatic carbocycles. The number of hydrogen-bond acceptors (Lipinski definition) is 2. The first kappa shape index (κ1) is 13.1. The third-order valence-electron chi connectivity index (χ3n) is 4.18. The molecule has 0 saturated heterocycles. The standard InChI is InChI=1S/C18H17N3O/c1-13-7-9-14(10-8-13)17(22)21-12-4-11-20-16-6-3-2-5-15(16)19-18(20)21/h2-3,5-10H,4,11-12H2,1H3. The van der Waals surface area contributed by atoms with Crippen LogP contribution < -0.4 is 4.90 Å². The van der Waals surface area contributed by atoms with E-state index in [1.165, 1.54) is 0 Å². The number of anilines is 1. The van der Waals surface area contributed by atoms with Crippen LogP contribution in [0.3, 0.4) is 0 Å². The van der Waals surface area contributed by atoms with E-state index in [0.29, 0.717) is 5.56 Å². The minimum Gasteiger partial charge on any atom is -0.310 e. The Bertz CT molecular complexity index is 848. The van der Waals surface area contributed by atoms with Crippen molar-refractivity contribution in [2.75, 3.05) is 11.4 Å². The summed E-state index contributed by atoms with van der Waals surface area (Å²) in [6.45, 7) is 3.65. The lowest BCUT2D eigenvalue weighted by Gasteiger charge is -2.27. The zero-order valence-electron chi connectivity index (χ0n) is 12.5. The van der Waals surface area contributed by atoms with Crippen LogP contribution in [0.15, 0.2) is 48.5 Å². The number of imidazole rings is 1. The molecule has 3 aromatic rings. The largest absolute Gasteiger partial charge is 0.310 e. The highest BCUT2D eigenvalue weighted by Gasteiger charge is 2.26. The van der Waals surface area contributed by atoms with E-state index in [0.717, 1.165) is 42.1 Å². The number of fused-ring (bicyclic) bond motifs is 3. The number of benzene rings is 2. The molecular formula is C18H17N3O. The van der Waals surface area contributed by atoms with Gasteiger partial charge in [0.05, 0.1) is 11.0 Å². The monoisotopic (exact) mass is 291 g/mol. The molecule has 1 aliphatic heterocycles. The van der Waals surface area contributed by atoms with Gasteiger partial charge in [-0.05, 0) is 37.6 Å². The van der Waals surface area contributed by atoms with Gasteiger partial charge >= 0.3 is 0 Å². The van der Waals surface area contributed by atoms with Crippen molar-refractivity contribution >= 4 is 22.9 Å². The molecule has 0 radical (unpaired) electrons. The molecule has 1 amide bonds. The van der Waals surface area contributed by atoms with Crippen LogP contribution in [0.2, 0.25) is 0 Å². The fourth-order valence-electron chi connectivity index (χ4n) is 3.02. The highest BCUT2D eigenvalue weighted by atomic mass is 16.2. The van der Waals surface area contributed by atoms with Crippen LogP contribution in [0.5, 0.6) is 0 Å². The first-order chi connectivity index (χ1) is 10.7. The van der Waals surface area contributed by atoms with Crippen LogP contribution in [0.1, 0.15) is 22.3 Å². The Kier molecular flexibility index (Phi) is 2.96. The molecule has 0 fully saturated rings. The van der Waals surface area contributed by atoms with Gasteiger partial charge in [0.15, 0.2) is 0 Å². The van der Waals surface area contributed by atoms with Gasteiger partial charge in [0.25, 0.3) is 5.91 Å². The summed E-state index contributed by atoms with van der Waals surface area (Å²) < 4.78 is 2.14. The Morgan fingerprint density at radius 1 is 1.05 bits per heavy atom. The molecule has 4 rings (SSSR count). The molecule has 0 spiro atoms. The molecule has 4 nitrogen and oxygen atoms in total. The summed E-state index contributed by atoms with van der Waals surface area (Å²) in [5.74, 6) is 0.786. The highest BCUT2D eigenvalue weighted by molar-refractivity contribution is 6.06. The third kappa shape index (κ3) is 1.99. The second-order valence-corrected chi connectivity index (χ2v) is 5.73. The van der Waals surface area contributed by atoms with Crippen LogP contribution in [0.4, 0.5) is 5.95 Å². The van der Waals surface area contributed by atoms with Crippen LogP contribution in [-0.4, -0.2) is 22.0 Å². The van der Waals surface area contributed by atoms with Crippen molar-refractivity contribution in [3.8, 4) is 0 Å². The fourth-order valence-corrected chi connectivity index (χ4v) is 3.02. The van der Waals surface area contributed by atoms with Crippen LogP contribution >= 0.6 is 0 Å². The van der Waals surface area contributed by atoms with E-state index in [1.54, 1.807) is 4.90 Å². The number of para-hydroxylation sites is 2. The summed E-state index contributed by atoms with van der Waals surface area (Å²) in [5.41, 5.74) is 3.91. The summed E-state index contributed by atoms with van der Waals surface area (Å²) in [6.07, 6.45) is 0.949. The second-order valence-electron chi connectivity index (χ2n) is 5.73. The maximum Gasteiger partial charge on any atom is 0.260 e. The average Bonchev–Trinajstić information content (AvgIpc) is 2.93. The number of nitrogens with zero attached hydrogens (tertiary/aromatic N) is 3. The Morgan fingerprint density at radius 2 is 1.82 bits per heavy atom. The van der Waals surface area contributed by atoms with Gasteiger partial charge in [-0.3, -0.25) is 9.69 Å². The fraction of sp³-hybridized carbons (Fsp3) is 0.222. The summed E-state index contributed by atoms with van der Waals surface area (Å²) in [4.78, 5) is 19.3. The molecule has 110 valence electrons. The molecule has 2 heterocycles. The second kappa shape index (κ2) is 4.98. The highest BCUT2D eigenvalue weighted by Crippen LogP contribution is 2.27. The van der Waals surface area contributed by atoms with Crippen LogP contribution in [-0.2, 0) is 6.54 Å². The quantitative estimate of drug-likeness (QED) is 0.689. The Hall–Kier alpha value is -2.62. The van der Waals surface area contributed by atoms with Crippen molar-refractivity contribution in [3.63, 3.8) is 0 Å². The lowest BCUT2D eigenvalue weighted by atomic mass is 10.1. The number of hydrogen-bond donors (Lipinski definition) is 0. The first-order valence-electron chi connectivity index (χ1n) is 7.58. The van der Waals surface area contributed by atoms with E-state index >= 15 is 0 Å².